The van der Waals surface area contributed by atoms with Crippen LogP contribution in [0.1, 0.15) is 45.4 Å². The van der Waals surface area contributed by atoms with Crippen LogP contribution < -0.4 is 9.47 Å². The van der Waals surface area contributed by atoms with Gasteiger partial charge in [0, 0.05) is 11.6 Å². The molecule has 2 rings (SSSR count). The summed E-state index contributed by atoms with van der Waals surface area (Å²) in [5.74, 6) is 1.04. The summed E-state index contributed by atoms with van der Waals surface area (Å²) in [4.78, 5) is 10.8. The fourth-order valence-electron chi connectivity index (χ4n) is 2.94. The highest BCUT2D eigenvalue weighted by Crippen LogP contribution is 2.38. The summed E-state index contributed by atoms with van der Waals surface area (Å²) < 4.78 is 11.1. The molecule has 0 aromatic heterocycles. The van der Waals surface area contributed by atoms with Gasteiger partial charge in [0.25, 0.3) is 0 Å². The second kappa shape index (κ2) is 10.4. The maximum absolute atomic E-state index is 11.2. The molecule has 5 nitrogen and oxygen atoms in total. The van der Waals surface area contributed by atoms with Crippen LogP contribution in [0.25, 0.3) is 11.1 Å². The zero-order chi connectivity index (χ0) is 18.8. The average molecular weight is 357 g/mol. The molecule has 26 heavy (non-hydrogen) atoms. The Bertz CT molecular complexity index is 715. The van der Waals surface area contributed by atoms with Crippen molar-refractivity contribution in [1.82, 2.24) is 0 Å². The molecule has 0 heterocycles. The molecule has 0 saturated heterocycles. The lowest BCUT2D eigenvalue weighted by molar-refractivity contribution is -0.385. The highest BCUT2D eigenvalue weighted by Gasteiger charge is 2.19. The van der Waals surface area contributed by atoms with Crippen LogP contribution in [0.2, 0.25) is 0 Å². The summed E-state index contributed by atoms with van der Waals surface area (Å²) in [6.45, 7) is 2.90. The van der Waals surface area contributed by atoms with Gasteiger partial charge in [-0.25, -0.2) is 0 Å². The van der Waals surface area contributed by atoms with Crippen LogP contribution >= 0.6 is 0 Å². The third-order valence-corrected chi connectivity index (χ3v) is 4.31. The lowest BCUT2D eigenvalue weighted by Crippen LogP contribution is -1.98. The van der Waals surface area contributed by atoms with Crippen LogP contribution in [0.15, 0.2) is 42.5 Å². The largest absolute Gasteiger partial charge is 0.494 e. The van der Waals surface area contributed by atoms with Gasteiger partial charge in [-0.3, -0.25) is 10.1 Å². The Balaban J connectivity index is 2.03. The van der Waals surface area contributed by atoms with Gasteiger partial charge in [-0.15, -0.1) is 0 Å². The van der Waals surface area contributed by atoms with Gasteiger partial charge in [-0.1, -0.05) is 63.3 Å². The quantitative estimate of drug-likeness (QED) is 0.281. The first-order chi connectivity index (χ1) is 12.7. The van der Waals surface area contributed by atoms with Crippen molar-refractivity contribution in [2.75, 3.05) is 13.7 Å². The molecular weight excluding hydrogens is 330 g/mol. The van der Waals surface area contributed by atoms with E-state index in [9.17, 15) is 10.1 Å². The number of para-hydroxylation sites is 1. The Morgan fingerprint density at radius 1 is 1.00 bits per heavy atom. The number of benzene rings is 2. The van der Waals surface area contributed by atoms with Crippen LogP contribution in [0, 0.1) is 10.1 Å². The molecule has 0 fully saturated rings. The predicted octanol–water partition coefficient (Wildman–Crippen LogP) is 6.01. The fourth-order valence-corrected chi connectivity index (χ4v) is 2.94. The van der Waals surface area contributed by atoms with E-state index in [0.29, 0.717) is 12.2 Å². The molecule has 0 aliphatic carbocycles. The number of unbranched alkanes of at least 4 members (excludes halogenated alkanes) is 5. The van der Waals surface area contributed by atoms with E-state index in [0.717, 1.165) is 17.7 Å². The Kier molecular flexibility index (Phi) is 7.93. The van der Waals surface area contributed by atoms with Crippen LogP contribution in [0.3, 0.4) is 0 Å². The van der Waals surface area contributed by atoms with E-state index in [1.54, 1.807) is 6.07 Å². The Morgan fingerprint density at radius 2 is 1.73 bits per heavy atom. The van der Waals surface area contributed by atoms with E-state index < -0.39 is 4.92 Å². The SMILES string of the molecule is CCCCCCCCOc1cccc(-c2cccc([N+](=O)[O-])c2OC)c1. The number of rotatable bonds is 11. The summed E-state index contributed by atoms with van der Waals surface area (Å²) in [5.41, 5.74) is 1.49. The molecule has 2 aromatic rings. The van der Waals surface area contributed by atoms with Gasteiger partial charge in [0.05, 0.1) is 18.6 Å². The molecule has 0 amide bonds. The average Bonchev–Trinajstić information content (AvgIpc) is 2.66. The number of hydrogen-bond donors (Lipinski definition) is 0. The number of methoxy groups -OCH3 is 1. The van der Waals surface area contributed by atoms with E-state index in [4.69, 9.17) is 9.47 Å². The van der Waals surface area contributed by atoms with E-state index in [2.05, 4.69) is 6.92 Å². The van der Waals surface area contributed by atoms with Crippen molar-refractivity contribution < 1.29 is 14.4 Å². The zero-order valence-electron chi connectivity index (χ0n) is 15.6. The first-order valence-corrected chi connectivity index (χ1v) is 9.22. The molecule has 140 valence electrons. The van der Waals surface area contributed by atoms with Gasteiger partial charge in [0.15, 0.2) is 0 Å². The minimum absolute atomic E-state index is 0.0385. The second-order valence-electron chi connectivity index (χ2n) is 6.26. The first kappa shape index (κ1) is 19.8. The summed E-state index contributed by atoms with van der Waals surface area (Å²) >= 11 is 0. The first-order valence-electron chi connectivity index (χ1n) is 9.22. The van der Waals surface area contributed by atoms with Gasteiger partial charge in [-0.2, -0.15) is 0 Å². The Hall–Kier alpha value is -2.56. The summed E-state index contributed by atoms with van der Waals surface area (Å²) in [7, 11) is 1.45. The fraction of sp³-hybridized carbons (Fsp3) is 0.429. The molecule has 0 N–H and O–H groups in total. The molecule has 0 unspecified atom stereocenters. The smallest absolute Gasteiger partial charge is 0.311 e. The van der Waals surface area contributed by atoms with E-state index in [1.807, 2.05) is 30.3 Å². The van der Waals surface area contributed by atoms with Crippen LogP contribution in [-0.2, 0) is 0 Å². The molecule has 0 atom stereocenters. The van der Waals surface area contributed by atoms with Crippen molar-refractivity contribution in [3.05, 3.63) is 52.6 Å². The van der Waals surface area contributed by atoms with Crippen molar-refractivity contribution in [3.63, 3.8) is 0 Å². The summed E-state index contributed by atoms with van der Waals surface area (Å²) in [6, 6.07) is 12.5. The number of nitro groups is 1. The predicted molar refractivity (Wildman–Crippen MR) is 104 cm³/mol. The number of ether oxygens (including phenoxy) is 2. The molecule has 0 radical (unpaired) electrons. The number of nitrogens with zero attached hydrogens (tertiary/aromatic N) is 1. The van der Waals surface area contributed by atoms with E-state index in [1.165, 1.54) is 45.3 Å². The molecule has 0 aliphatic rings. The minimum atomic E-state index is -0.429. The molecule has 0 saturated carbocycles. The lowest BCUT2D eigenvalue weighted by atomic mass is 10.0. The number of hydrogen-bond acceptors (Lipinski definition) is 4. The van der Waals surface area contributed by atoms with Gasteiger partial charge in [0.2, 0.25) is 5.75 Å². The minimum Gasteiger partial charge on any atom is -0.494 e. The van der Waals surface area contributed by atoms with Gasteiger partial charge in [0.1, 0.15) is 5.75 Å². The Labute approximate surface area is 155 Å². The summed E-state index contributed by atoms with van der Waals surface area (Å²) in [6.07, 6.45) is 7.31. The molecule has 0 bridgehead atoms. The van der Waals surface area contributed by atoms with Crippen LogP contribution in [0.4, 0.5) is 5.69 Å². The second-order valence-corrected chi connectivity index (χ2v) is 6.26. The highest BCUT2D eigenvalue weighted by atomic mass is 16.6. The molecule has 0 aliphatic heterocycles. The van der Waals surface area contributed by atoms with Crippen LogP contribution in [-0.4, -0.2) is 18.6 Å². The van der Waals surface area contributed by atoms with Crippen molar-refractivity contribution in [2.24, 2.45) is 0 Å². The van der Waals surface area contributed by atoms with Crippen molar-refractivity contribution in [1.29, 1.82) is 0 Å². The standard InChI is InChI=1S/C21H27NO4/c1-3-4-5-6-7-8-15-26-18-12-9-11-17(16-18)19-13-10-14-20(22(23)24)21(19)25-2/h9-14,16H,3-8,15H2,1-2H3. The molecular formula is C21H27NO4. The monoisotopic (exact) mass is 357 g/mol. The maximum atomic E-state index is 11.2. The lowest BCUT2D eigenvalue weighted by Gasteiger charge is -2.11. The van der Waals surface area contributed by atoms with Gasteiger partial charge < -0.3 is 9.47 Å². The van der Waals surface area contributed by atoms with E-state index >= 15 is 0 Å². The van der Waals surface area contributed by atoms with Gasteiger partial charge >= 0.3 is 5.69 Å². The Morgan fingerprint density at radius 3 is 2.46 bits per heavy atom. The molecule has 2 aromatic carbocycles. The highest BCUT2D eigenvalue weighted by molar-refractivity contribution is 5.76. The topological polar surface area (TPSA) is 61.6 Å². The molecule has 5 heteroatoms. The van der Waals surface area contributed by atoms with E-state index in [-0.39, 0.29) is 11.4 Å². The number of nitro benzene ring substituents is 1. The van der Waals surface area contributed by atoms with Gasteiger partial charge in [-0.05, 0) is 24.1 Å². The van der Waals surface area contributed by atoms with Crippen LogP contribution in [0.5, 0.6) is 11.5 Å². The maximum Gasteiger partial charge on any atom is 0.311 e. The third kappa shape index (κ3) is 5.48. The third-order valence-electron chi connectivity index (χ3n) is 4.31. The molecule has 0 spiro atoms. The zero-order valence-corrected chi connectivity index (χ0v) is 15.6. The van der Waals surface area contributed by atoms with Crippen molar-refractivity contribution in [3.8, 4) is 22.6 Å². The summed E-state index contributed by atoms with van der Waals surface area (Å²) in [5, 5.41) is 11.2. The van der Waals surface area contributed by atoms with Crippen molar-refractivity contribution >= 4 is 5.69 Å². The van der Waals surface area contributed by atoms with Crippen molar-refractivity contribution in [2.45, 2.75) is 45.4 Å². The normalized spacial score (nSPS) is 10.5.